The molecule has 0 saturated carbocycles. The third-order valence-corrected chi connectivity index (χ3v) is 5.08. The third-order valence-electron chi connectivity index (χ3n) is 3.75. The Morgan fingerprint density at radius 3 is 2.57 bits per heavy atom. The summed E-state index contributed by atoms with van der Waals surface area (Å²) in [6.45, 7) is 5.63. The fraction of sp³-hybridized carbons (Fsp3) is 0.400. The molecule has 1 atom stereocenters. The minimum absolute atomic E-state index is 0.463. The first-order valence-electron chi connectivity index (χ1n) is 7.02. The van der Waals surface area contributed by atoms with Gasteiger partial charge in [-0.3, -0.25) is 0 Å². The van der Waals surface area contributed by atoms with E-state index in [2.05, 4.69) is 36.8 Å². The monoisotopic (exact) mass is 367 g/mol. The van der Waals surface area contributed by atoms with Gasteiger partial charge in [-0.2, -0.15) is 0 Å². The molecule has 1 unspecified atom stereocenters. The SMILES string of the molecule is CC(O)c1cc(Br)ccc1N1CCN(c2nccs2)CC1. The van der Waals surface area contributed by atoms with E-state index in [0.717, 1.165) is 47.0 Å². The second kappa shape index (κ2) is 6.34. The Hall–Kier alpha value is -1.11. The Morgan fingerprint density at radius 1 is 1.24 bits per heavy atom. The molecular formula is C15H18BrN3OS. The Morgan fingerprint density at radius 2 is 1.95 bits per heavy atom. The summed E-state index contributed by atoms with van der Waals surface area (Å²) in [4.78, 5) is 9.04. The smallest absolute Gasteiger partial charge is 0.185 e. The van der Waals surface area contributed by atoms with E-state index in [1.54, 1.807) is 11.3 Å². The van der Waals surface area contributed by atoms with Gasteiger partial charge in [0, 0.05) is 53.5 Å². The van der Waals surface area contributed by atoms with Crippen molar-refractivity contribution in [2.75, 3.05) is 36.0 Å². The van der Waals surface area contributed by atoms with E-state index in [4.69, 9.17) is 0 Å². The molecule has 0 radical (unpaired) electrons. The molecular weight excluding hydrogens is 350 g/mol. The molecule has 0 bridgehead atoms. The van der Waals surface area contributed by atoms with Gasteiger partial charge < -0.3 is 14.9 Å². The third kappa shape index (κ3) is 3.22. The Kier molecular flexibility index (Phi) is 4.47. The summed E-state index contributed by atoms with van der Waals surface area (Å²) in [6, 6.07) is 6.13. The van der Waals surface area contributed by atoms with Gasteiger partial charge in [0.25, 0.3) is 0 Å². The maximum absolute atomic E-state index is 10.00. The van der Waals surface area contributed by atoms with Crippen LogP contribution >= 0.6 is 27.3 Å². The van der Waals surface area contributed by atoms with Crippen molar-refractivity contribution in [3.63, 3.8) is 0 Å². The summed E-state index contributed by atoms with van der Waals surface area (Å²) in [6.07, 6.45) is 1.39. The molecule has 2 aromatic rings. The molecule has 1 saturated heterocycles. The van der Waals surface area contributed by atoms with E-state index in [1.807, 2.05) is 30.6 Å². The number of aliphatic hydroxyl groups is 1. The fourth-order valence-electron chi connectivity index (χ4n) is 2.66. The lowest BCUT2D eigenvalue weighted by molar-refractivity contribution is 0.199. The normalized spacial score (nSPS) is 17.1. The average molecular weight is 368 g/mol. The molecule has 3 rings (SSSR count). The number of piperazine rings is 1. The Bertz CT molecular complexity index is 595. The molecule has 0 spiro atoms. The highest BCUT2D eigenvalue weighted by atomic mass is 79.9. The number of benzene rings is 1. The van der Waals surface area contributed by atoms with Gasteiger partial charge in [-0.25, -0.2) is 4.98 Å². The Labute approximate surface area is 137 Å². The topological polar surface area (TPSA) is 39.6 Å². The number of hydrogen-bond acceptors (Lipinski definition) is 5. The van der Waals surface area contributed by atoms with Crippen LogP contribution in [0.1, 0.15) is 18.6 Å². The lowest BCUT2D eigenvalue weighted by Crippen LogP contribution is -2.46. The largest absolute Gasteiger partial charge is 0.389 e. The van der Waals surface area contributed by atoms with Gasteiger partial charge >= 0.3 is 0 Å². The van der Waals surface area contributed by atoms with Crippen molar-refractivity contribution in [1.82, 2.24) is 4.98 Å². The first-order chi connectivity index (χ1) is 10.1. The number of anilines is 2. The first kappa shape index (κ1) is 14.8. The van der Waals surface area contributed by atoms with Gasteiger partial charge in [-0.1, -0.05) is 15.9 Å². The van der Waals surface area contributed by atoms with Crippen molar-refractivity contribution in [3.8, 4) is 0 Å². The maximum Gasteiger partial charge on any atom is 0.185 e. The Balaban J connectivity index is 1.75. The van der Waals surface area contributed by atoms with Gasteiger partial charge in [-0.15, -0.1) is 11.3 Å². The summed E-state index contributed by atoms with van der Waals surface area (Å²) in [5.74, 6) is 0. The lowest BCUT2D eigenvalue weighted by Gasteiger charge is -2.37. The molecule has 6 heteroatoms. The zero-order valence-electron chi connectivity index (χ0n) is 11.9. The summed E-state index contributed by atoms with van der Waals surface area (Å²) in [5, 5.41) is 13.1. The highest BCUT2D eigenvalue weighted by Crippen LogP contribution is 2.31. The number of thiazole rings is 1. The van der Waals surface area contributed by atoms with Crippen LogP contribution in [0.15, 0.2) is 34.2 Å². The van der Waals surface area contributed by atoms with Crippen molar-refractivity contribution in [3.05, 3.63) is 39.8 Å². The van der Waals surface area contributed by atoms with Crippen molar-refractivity contribution in [1.29, 1.82) is 0 Å². The van der Waals surface area contributed by atoms with Crippen LogP contribution in [0.5, 0.6) is 0 Å². The molecule has 1 aliphatic rings. The number of nitrogens with zero attached hydrogens (tertiary/aromatic N) is 3. The fourth-order valence-corrected chi connectivity index (χ4v) is 3.73. The van der Waals surface area contributed by atoms with E-state index < -0.39 is 6.10 Å². The van der Waals surface area contributed by atoms with E-state index in [-0.39, 0.29) is 0 Å². The number of halogens is 1. The molecule has 0 aliphatic carbocycles. The molecule has 1 fully saturated rings. The standard InChI is InChI=1S/C15H18BrN3OS/c1-11(20)13-10-12(16)2-3-14(13)18-5-7-19(8-6-18)15-17-4-9-21-15/h2-4,9-11,20H,5-8H2,1H3. The molecule has 2 heterocycles. The van der Waals surface area contributed by atoms with Crippen LogP contribution < -0.4 is 9.80 Å². The predicted octanol–water partition coefficient (Wildman–Crippen LogP) is 3.29. The molecule has 1 aliphatic heterocycles. The van der Waals surface area contributed by atoms with Crippen LogP contribution in [0.4, 0.5) is 10.8 Å². The lowest BCUT2D eigenvalue weighted by atomic mass is 10.1. The van der Waals surface area contributed by atoms with Crippen LogP contribution in [0.2, 0.25) is 0 Å². The number of hydrogen-bond donors (Lipinski definition) is 1. The quantitative estimate of drug-likeness (QED) is 0.903. The van der Waals surface area contributed by atoms with Crippen molar-refractivity contribution in [2.45, 2.75) is 13.0 Å². The molecule has 1 aromatic heterocycles. The van der Waals surface area contributed by atoms with Crippen molar-refractivity contribution < 1.29 is 5.11 Å². The van der Waals surface area contributed by atoms with Gasteiger partial charge in [-0.05, 0) is 25.1 Å². The van der Waals surface area contributed by atoms with E-state index >= 15 is 0 Å². The summed E-state index contributed by atoms with van der Waals surface area (Å²) >= 11 is 5.17. The van der Waals surface area contributed by atoms with Gasteiger partial charge in [0.2, 0.25) is 0 Å². The molecule has 21 heavy (non-hydrogen) atoms. The molecule has 0 amide bonds. The number of rotatable bonds is 3. The van der Waals surface area contributed by atoms with Crippen molar-refractivity contribution >= 4 is 38.1 Å². The predicted molar refractivity (Wildman–Crippen MR) is 91.3 cm³/mol. The molecule has 1 N–H and O–H groups in total. The van der Waals surface area contributed by atoms with Gasteiger partial charge in [0.05, 0.1) is 6.10 Å². The minimum atomic E-state index is -0.463. The second-order valence-corrected chi connectivity index (χ2v) is 6.96. The summed E-state index contributed by atoms with van der Waals surface area (Å²) < 4.78 is 1.00. The first-order valence-corrected chi connectivity index (χ1v) is 8.69. The zero-order chi connectivity index (χ0) is 14.8. The van der Waals surface area contributed by atoms with E-state index in [9.17, 15) is 5.11 Å². The molecule has 4 nitrogen and oxygen atoms in total. The van der Waals surface area contributed by atoms with Gasteiger partial charge in [0.1, 0.15) is 0 Å². The van der Waals surface area contributed by atoms with E-state index in [1.165, 1.54) is 0 Å². The van der Waals surface area contributed by atoms with Gasteiger partial charge in [0.15, 0.2) is 5.13 Å². The number of aliphatic hydroxyl groups excluding tert-OH is 1. The van der Waals surface area contributed by atoms with Crippen LogP contribution in [0, 0.1) is 0 Å². The zero-order valence-corrected chi connectivity index (χ0v) is 14.3. The minimum Gasteiger partial charge on any atom is -0.389 e. The summed E-state index contributed by atoms with van der Waals surface area (Å²) in [5.41, 5.74) is 2.11. The molecule has 1 aromatic carbocycles. The maximum atomic E-state index is 10.00. The highest BCUT2D eigenvalue weighted by molar-refractivity contribution is 9.10. The number of aromatic nitrogens is 1. The van der Waals surface area contributed by atoms with Crippen LogP contribution in [-0.4, -0.2) is 36.3 Å². The van der Waals surface area contributed by atoms with Crippen LogP contribution in [-0.2, 0) is 0 Å². The summed E-state index contributed by atoms with van der Waals surface area (Å²) in [7, 11) is 0. The second-order valence-electron chi connectivity index (χ2n) is 5.17. The van der Waals surface area contributed by atoms with E-state index in [0.29, 0.717) is 0 Å². The average Bonchev–Trinajstić information content (AvgIpc) is 3.01. The highest BCUT2D eigenvalue weighted by Gasteiger charge is 2.21. The van der Waals surface area contributed by atoms with Crippen LogP contribution in [0.3, 0.4) is 0 Å². The van der Waals surface area contributed by atoms with Crippen LogP contribution in [0.25, 0.3) is 0 Å². The molecule has 112 valence electrons. The van der Waals surface area contributed by atoms with Crippen molar-refractivity contribution in [2.24, 2.45) is 0 Å².